The Balaban J connectivity index is 1.67. The number of hydrogen-bond acceptors (Lipinski definition) is 4. The van der Waals surface area contributed by atoms with Crippen molar-refractivity contribution in [3.8, 4) is 0 Å². The van der Waals surface area contributed by atoms with Crippen molar-refractivity contribution in [3.05, 3.63) is 0 Å². The Morgan fingerprint density at radius 2 is 2.05 bits per heavy atom. The maximum atomic E-state index is 11.8. The van der Waals surface area contributed by atoms with E-state index in [9.17, 15) is 8.42 Å². The van der Waals surface area contributed by atoms with Gasteiger partial charge in [0.25, 0.3) is 0 Å². The molecule has 0 radical (unpaired) electrons. The second-order valence-corrected chi connectivity index (χ2v) is 9.33. The summed E-state index contributed by atoms with van der Waals surface area (Å²) < 4.78 is 29.5. The van der Waals surface area contributed by atoms with Gasteiger partial charge in [-0.1, -0.05) is 19.8 Å². The minimum atomic E-state index is -2.90. The first kappa shape index (κ1) is 14.8. The summed E-state index contributed by atoms with van der Waals surface area (Å²) in [7, 11) is -2.90. The van der Waals surface area contributed by atoms with Gasteiger partial charge in [0.2, 0.25) is 0 Å². The smallest absolute Gasteiger partial charge is 0.151 e. The lowest BCUT2D eigenvalue weighted by Gasteiger charge is -2.57. The predicted molar refractivity (Wildman–Crippen MR) is 79.5 cm³/mol. The molecule has 2 saturated carbocycles. The molecule has 1 N–H and O–H groups in total. The second kappa shape index (κ2) is 5.25. The number of ether oxygens (including phenoxy) is 1. The van der Waals surface area contributed by atoms with E-state index >= 15 is 0 Å². The van der Waals surface area contributed by atoms with E-state index in [0.717, 1.165) is 13.0 Å². The number of sulfone groups is 1. The number of rotatable bonds is 5. The molecule has 5 heteroatoms. The molecule has 0 amide bonds. The third-order valence-electron chi connectivity index (χ3n) is 5.69. The molecule has 0 aromatic heterocycles. The molecule has 1 heterocycles. The lowest BCUT2D eigenvalue weighted by molar-refractivity contribution is -0.132. The molecule has 116 valence electrons. The van der Waals surface area contributed by atoms with Crippen LogP contribution in [0.2, 0.25) is 0 Å². The molecule has 4 atom stereocenters. The Labute approximate surface area is 122 Å². The summed E-state index contributed by atoms with van der Waals surface area (Å²) in [4.78, 5) is 0. The lowest BCUT2D eigenvalue weighted by atomic mass is 9.54. The fourth-order valence-corrected chi connectivity index (χ4v) is 5.89. The van der Waals surface area contributed by atoms with Gasteiger partial charge in [0.15, 0.2) is 9.84 Å². The van der Waals surface area contributed by atoms with E-state index in [1.807, 2.05) is 6.92 Å². The van der Waals surface area contributed by atoms with Crippen LogP contribution in [0.25, 0.3) is 0 Å². The molecule has 2 aliphatic carbocycles. The Bertz CT molecular complexity index is 456. The van der Waals surface area contributed by atoms with Crippen LogP contribution in [-0.2, 0) is 14.6 Å². The molecular weight excluding hydrogens is 274 g/mol. The molecular formula is C15H27NO3S. The Morgan fingerprint density at radius 3 is 2.70 bits per heavy atom. The highest BCUT2D eigenvalue weighted by Gasteiger charge is 2.64. The summed E-state index contributed by atoms with van der Waals surface area (Å²) in [5.41, 5.74) is 0.311. The summed E-state index contributed by atoms with van der Waals surface area (Å²) in [6.45, 7) is 4.63. The molecule has 4 nitrogen and oxygen atoms in total. The zero-order chi connectivity index (χ0) is 14.4. The van der Waals surface area contributed by atoms with E-state index in [4.69, 9.17) is 4.74 Å². The Morgan fingerprint density at radius 1 is 1.35 bits per heavy atom. The average molecular weight is 301 g/mol. The summed E-state index contributed by atoms with van der Waals surface area (Å²) in [6, 6.07) is 0.517. The van der Waals surface area contributed by atoms with Gasteiger partial charge in [0.05, 0.1) is 11.9 Å². The molecule has 0 bridgehead atoms. The number of fused-ring (bicyclic) bond motifs is 2. The van der Waals surface area contributed by atoms with E-state index in [2.05, 4.69) is 5.32 Å². The summed E-state index contributed by atoms with van der Waals surface area (Å²) >= 11 is 0. The minimum absolute atomic E-state index is 0.0453. The highest BCUT2D eigenvalue weighted by molar-refractivity contribution is 7.91. The molecule has 0 aromatic rings. The molecule has 3 aliphatic rings. The fourth-order valence-electron chi connectivity index (χ4n) is 4.80. The van der Waals surface area contributed by atoms with Crippen molar-refractivity contribution in [2.75, 3.05) is 18.1 Å². The van der Waals surface area contributed by atoms with Crippen molar-refractivity contribution in [2.45, 2.75) is 64.1 Å². The quantitative estimate of drug-likeness (QED) is 0.840. The zero-order valence-corrected chi connectivity index (χ0v) is 13.4. The second-order valence-electron chi connectivity index (χ2n) is 6.93. The normalized spacial score (nSPS) is 36.8. The lowest BCUT2D eigenvalue weighted by Crippen LogP contribution is -2.69. The summed E-state index contributed by atoms with van der Waals surface area (Å²) in [6.07, 6.45) is 6.67. The van der Waals surface area contributed by atoms with E-state index in [-0.39, 0.29) is 17.5 Å². The van der Waals surface area contributed by atoms with Crippen molar-refractivity contribution in [1.82, 2.24) is 5.32 Å². The largest absolute Gasteiger partial charge is 0.377 e. The molecule has 20 heavy (non-hydrogen) atoms. The monoisotopic (exact) mass is 301 g/mol. The van der Waals surface area contributed by atoms with Crippen molar-refractivity contribution in [2.24, 2.45) is 11.3 Å². The van der Waals surface area contributed by atoms with Crippen LogP contribution in [0.1, 0.15) is 46.0 Å². The van der Waals surface area contributed by atoms with Crippen molar-refractivity contribution in [3.63, 3.8) is 0 Å². The predicted octanol–water partition coefficient (Wildman–Crippen LogP) is 1.75. The van der Waals surface area contributed by atoms with Crippen molar-refractivity contribution in [1.29, 1.82) is 0 Å². The molecule has 3 fully saturated rings. The molecule has 0 aromatic carbocycles. The van der Waals surface area contributed by atoms with Crippen LogP contribution < -0.4 is 5.32 Å². The molecule has 1 saturated heterocycles. The van der Waals surface area contributed by atoms with Gasteiger partial charge in [-0.2, -0.15) is 0 Å². The van der Waals surface area contributed by atoms with Gasteiger partial charge in [-0.25, -0.2) is 8.42 Å². The van der Waals surface area contributed by atoms with E-state index in [0.29, 0.717) is 23.5 Å². The van der Waals surface area contributed by atoms with Gasteiger partial charge < -0.3 is 10.1 Å². The Hall–Kier alpha value is -0.130. The van der Waals surface area contributed by atoms with Gasteiger partial charge in [0, 0.05) is 35.8 Å². The third-order valence-corrected chi connectivity index (χ3v) is 7.58. The van der Waals surface area contributed by atoms with Gasteiger partial charge in [0.1, 0.15) is 0 Å². The van der Waals surface area contributed by atoms with E-state index < -0.39 is 9.84 Å². The Kier molecular flexibility index (Phi) is 3.89. The van der Waals surface area contributed by atoms with Crippen molar-refractivity contribution < 1.29 is 13.2 Å². The van der Waals surface area contributed by atoms with Gasteiger partial charge in [-0.05, 0) is 26.2 Å². The van der Waals surface area contributed by atoms with Crippen molar-refractivity contribution >= 4 is 9.84 Å². The first-order chi connectivity index (χ1) is 9.48. The van der Waals surface area contributed by atoms with E-state index in [1.54, 1.807) is 6.92 Å². The maximum absolute atomic E-state index is 11.8. The van der Waals surface area contributed by atoms with Crippen LogP contribution in [0.15, 0.2) is 0 Å². The maximum Gasteiger partial charge on any atom is 0.151 e. The van der Waals surface area contributed by atoms with Crippen LogP contribution in [0, 0.1) is 11.3 Å². The van der Waals surface area contributed by atoms with Gasteiger partial charge in [-0.3, -0.25) is 0 Å². The highest BCUT2D eigenvalue weighted by Crippen LogP contribution is 2.60. The van der Waals surface area contributed by atoms with Gasteiger partial charge in [-0.15, -0.1) is 0 Å². The summed E-state index contributed by atoms with van der Waals surface area (Å²) in [5, 5.41) is 3.65. The van der Waals surface area contributed by atoms with Crippen LogP contribution in [0.5, 0.6) is 0 Å². The van der Waals surface area contributed by atoms with Crippen LogP contribution in [-0.4, -0.2) is 44.7 Å². The van der Waals surface area contributed by atoms with Crippen LogP contribution in [0.4, 0.5) is 0 Å². The molecule has 1 spiro atoms. The topological polar surface area (TPSA) is 55.4 Å². The standard InChI is InChI=1S/C15H27NO3S/c1-3-20(17,18)10-11(2)16-13-12-6-9-19-14(12)15(13)7-4-5-8-15/h11-14,16H,3-10H2,1-2H3/t11-,12+,13+,14-/m0/s1. The first-order valence-corrected chi connectivity index (χ1v) is 9.89. The SMILES string of the molecule is CCS(=O)(=O)C[C@H](C)N[C@@H]1[C@H]2CCO[C@@H]2C12CCCC2. The average Bonchev–Trinajstić information content (AvgIpc) is 3.03. The number of nitrogens with one attached hydrogen (secondary N) is 1. The summed E-state index contributed by atoms with van der Waals surface area (Å²) in [5.74, 6) is 1.11. The molecule has 3 rings (SSSR count). The third kappa shape index (κ3) is 2.32. The fraction of sp³-hybridized carbons (Fsp3) is 1.00. The first-order valence-electron chi connectivity index (χ1n) is 8.06. The number of hydrogen-bond donors (Lipinski definition) is 1. The molecule has 0 unspecified atom stereocenters. The highest BCUT2D eigenvalue weighted by atomic mass is 32.2. The van der Waals surface area contributed by atoms with Crippen LogP contribution in [0.3, 0.4) is 0 Å². The zero-order valence-electron chi connectivity index (χ0n) is 12.6. The van der Waals surface area contributed by atoms with Crippen LogP contribution >= 0.6 is 0 Å². The molecule has 1 aliphatic heterocycles. The van der Waals surface area contributed by atoms with Gasteiger partial charge >= 0.3 is 0 Å². The minimum Gasteiger partial charge on any atom is -0.377 e. The van der Waals surface area contributed by atoms with E-state index in [1.165, 1.54) is 25.7 Å².